The Morgan fingerprint density at radius 1 is 1.53 bits per heavy atom. The van der Waals surface area contributed by atoms with Crippen molar-refractivity contribution >= 4 is 11.8 Å². The van der Waals surface area contributed by atoms with Crippen molar-refractivity contribution in [3.05, 3.63) is 57.2 Å². The third-order valence-corrected chi connectivity index (χ3v) is 2.44. The Hall–Kier alpha value is -1.49. The Labute approximate surface area is 92.5 Å². The molecule has 0 unspecified atom stereocenters. The number of thioether (sulfide) groups is 1. The second-order valence-electron chi connectivity index (χ2n) is 2.82. The highest BCUT2D eigenvalue weighted by Gasteiger charge is 2.00. The van der Waals surface area contributed by atoms with Crippen molar-refractivity contribution < 1.29 is 4.92 Å². The van der Waals surface area contributed by atoms with E-state index < -0.39 is 4.92 Å². The zero-order chi connectivity index (χ0) is 11.1. The number of hydrogen-bond acceptors (Lipinski definition) is 4. The van der Waals surface area contributed by atoms with Gasteiger partial charge in [-0.15, -0.1) is 11.8 Å². The molecule has 0 heterocycles. The first kappa shape index (κ1) is 11.6. The van der Waals surface area contributed by atoms with E-state index in [2.05, 4.69) is 5.32 Å². The molecule has 0 aliphatic rings. The zero-order valence-electron chi connectivity index (χ0n) is 8.34. The molecule has 0 aliphatic carbocycles. The molecule has 0 saturated heterocycles. The van der Waals surface area contributed by atoms with E-state index in [1.165, 1.54) is 11.8 Å². The summed E-state index contributed by atoms with van der Waals surface area (Å²) in [6.07, 6.45) is 2.78. The smallest absolute Gasteiger partial charge is 0.263 e. The molecule has 1 aromatic carbocycles. The Balaban J connectivity index is 2.52. The predicted molar refractivity (Wildman–Crippen MR) is 61.9 cm³/mol. The molecule has 0 fully saturated rings. The first-order valence-corrected chi connectivity index (χ1v) is 5.62. The fraction of sp³-hybridized carbons (Fsp3) is 0.200. The maximum atomic E-state index is 10.3. The fourth-order valence-corrected chi connectivity index (χ4v) is 1.46. The maximum Gasteiger partial charge on any atom is 0.263 e. The van der Waals surface area contributed by atoms with Gasteiger partial charge in [0, 0.05) is 6.54 Å². The lowest BCUT2D eigenvalue weighted by atomic mass is 10.2. The molecule has 0 amide bonds. The van der Waals surface area contributed by atoms with Crippen molar-refractivity contribution in [2.75, 3.05) is 6.26 Å². The van der Waals surface area contributed by atoms with E-state index >= 15 is 0 Å². The summed E-state index contributed by atoms with van der Waals surface area (Å²) in [5.74, 6) is 0. The first-order valence-electron chi connectivity index (χ1n) is 4.39. The van der Waals surface area contributed by atoms with Gasteiger partial charge in [0.15, 0.2) is 0 Å². The third-order valence-electron chi connectivity index (χ3n) is 1.75. The molecule has 0 atom stereocenters. The van der Waals surface area contributed by atoms with Crippen molar-refractivity contribution in [2.45, 2.75) is 6.54 Å². The summed E-state index contributed by atoms with van der Waals surface area (Å²) in [5.41, 5.74) is 1.10. The van der Waals surface area contributed by atoms with Gasteiger partial charge in [0.1, 0.15) is 5.03 Å². The van der Waals surface area contributed by atoms with Gasteiger partial charge in [-0.2, -0.15) is 0 Å². The van der Waals surface area contributed by atoms with E-state index in [1.54, 1.807) is 6.26 Å². The molecule has 5 heteroatoms. The average molecular weight is 224 g/mol. The normalized spacial score (nSPS) is 11.1. The Morgan fingerprint density at radius 2 is 2.20 bits per heavy atom. The second kappa shape index (κ2) is 6.08. The maximum absolute atomic E-state index is 10.3. The summed E-state index contributed by atoms with van der Waals surface area (Å²) in [7, 11) is 0. The van der Waals surface area contributed by atoms with Crippen LogP contribution in [0.3, 0.4) is 0 Å². The monoisotopic (exact) mass is 224 g/mol. The molecule has 4 nitrogen and oxygen atoms in total. The summed E-state index contributed by atoms with van der Waals surface area (Å²) in [4.78, 5) is 9.80. The van der Waals surface area contributed by atoms with Gasteiger partial charge in [0.05, 0.1) is 4.92 Å². The van der Waals surface area contributed by atoms with Crippen molar-refractivity contribution in [1.29, 1.82) is 0 Å². The fourth-order valence-electron chi connectivity index (χ4n) is 1.05. The lowest BCUT2D eigenvalue weighted by Gasteiger charge is -2.05. The average Bonchev–Trinajstić information content (AvgIpc) is 2.25. The largest absolute Gasteiger partial charge is 0.371 e. The summed E-state index contributed by atoms with van der Waals surface area (Å²) in [5, 5.41) is 13.8. The minimum Gasteiger partial charge on any atom is -0.371 e. The summed E-state index contributed by atoms with van der Waals surface area (Å²) < 4.78 is 0. The van der Waals surface area contributed by atoms with Gasteiger partial charge in [-0.1, -0.05) is 30.3 Å². The predicted octanol–water partition coefficient (Wildman–Crippen LogP) is 2.21. The highest BCUT2D eigenvalue weighted by atomic mass is 32.2. The topological polar surface area (TPSA) is 55.2 Å². The van der Waals surface area contributed by atoms with Crippen LogP contribution in [0.2, 0.25) is 0 Å². The summed E-state index contributed by atoms with van der Waals surface area (Å²) >= 11 is 1.33. The van der Waals surface area contributed by atoms with Gasteiger partial charge >= 0.3 is 0 Å². The van der Waals surface area contributed by atoms with Crippen molar-refractivity contribution in [1.82, 2.24) is 5.32 Å². The van der Waals surface area contributed by atoms with Crippen LogP contribution in [-0.2, 0) is 6.54 Å². The van der Waals surface area contributed by atoms with Gasteiger partial charge in [0.25, 0.3) is 6.20 Å². The van der Waals surface area contributed by atoms with Crippen LogP contribution in [0.1, 0.15) is 5.56 Å². The van der Waals surface area contributed by atoms with Crippen LogP contribution < -0.4 is 5.32 Å². The molecular weight excluding hydrogens is 212 g/mol. The summed E-state index contributed by atoms with van der Waals surface area (Å²) in [6.45, 7) is 0.599. The van der Waals surface area contributed by atoms with E-state index in [-0.39, 0.29) is 0 Å². The molecule has 0 radical (unpaired) electrons. The molecule has 0 aliphatic heterocycles. The van der Waals surface area contributed by atoms with E-state index in [4.69, 9.17) is 0 Å². The number of rotatable bonds is 5. The highest BCUT2D eigenvalue weighted by molar-refractivity contribution is 8.02. The van der Waals surface area contributed by atoms with Crippen LogP contribution >= 0.6 is 11.8 Å². The summed E-state index contributed by atoms with van der Waals surface area (Å²) in [6, 6.07) is 9.75. The van der Waals surface area contributed by atoms with Crippen molar-refractivity contribution in [2.24, 2.45) is 0 Å². The SMILES string of the molecule is CS/C(=C\[N+](=O)[O-])NCc1ccccc1. The van der Waals surface area contributed by atoms with Crippen LogP contribution in [0.15, 0.2) is 41.6 Å². The molecule has 0 aromatic heterocycles. The lowest BCUT2D eigenvalue weighted by molar-refractivity contribution is -0.403. The van der Waals surface area contributed by atoms with Gasteiger partial charge in [0.2, 0.25) is 0 Å². The minimum atomic E-state index is -0.455. The molecule has 0 saturated carbocycles. The van der Waals surface area contributed by atoms with E-state index in [0.29, 0.717) is 11.6 Å². The Kier molecular flexibility index (Phi) is 4.70. The molecule has 1 aromatic rings. The number of hydrogen-bond donors (Lipinski definition) is 1. The van der Waals surface area contributed by atoms with Crippen molar-refractivity contribution in [3.8, 4) is 0 Å². The van der Waals surface area contributed by atoms with Crippen LogP contribution in [0.25, 0.3) is 0 Å². The second-order valence-corrected chi connectivity index (χ2v) is 3.67. The molecule has 0 spiro atoms. The lowest BCUT2D eigenvalue weighted by Crippen LogP contribution is -2.11. The number of nitrogens with zero attached hydrogens (tertiary/aromatic N) is 1. The molecule has 0 bridgehead atoms. The van der Waals surface area contributed by atoms with E-state index in [0.717, 1.165) is 11.8 Å². The van der Waals surface area contributed by atoms with Crippen molar-refractivity contribution in [3.63, 3.8) is 0 Å². The van der Waals surface area contributed by atoms with E-state index in [9.17, 15) is 10.1 Å². The Morgan fingerprint density at radius 3 is 2.73 bits per heavy atom. The van der Waals surface area contributed by atoms with Gasteiger partial charge in [-0.05, 0) is 11.8 Å². The number of nitrogens with one attached hydrogen (secondary N) is 1. The molecule has 1 rings (SSSR count). The molecular formula is C10H12N2O2S. The van der Waals surface area contributed by atoms with Crippen LogP contribution in [0, 0.1) is 10.1 Å². The molecule has 15 heavy (non-hydrogen) atoms. The van der Waals surface area contributed by atoms with Gasteiger partial charge in [-0.3, -0.25) is 10.1 Å². The van der Waals surface area contributed by atoms with Gasteiger partial charge < -0.3 is 5.32 Å². The Bertz CT molecular complexity index is 352. The number of benzene rings is 1. The van der Waals surface area contributed by atoms with Crippen LogP contribution in [-0.4, -0.2) is 11.2 Å². The first-order chi connectivity index (χ1) is 7.22. The highest BCUT2D eigenvalue weighted by Crippen LogP contribution is 2.08. The van der Waals surface area contributed by atoms with Gasteiger partial charge in [-0.25, -0.2) is 0 Å². The van der Waals surface area contributed by atoms with Crippen LogP contribution in [0.5, 0.6) is 0 Å². The third kappa shape index (κ3) is 4.51. The van der Waals surface area contributed by atoms with Crippen LogP contribution in [0.4, 0.5) is 0 Å². The zero-order valence-corrected chi connectivity index (χ0v) is 9.16. The molecule has 1 N–H and O–H groups in total. The molecule has 80 valence electrons. The van der Waals surface area contributed by atoms with E-state index in [1.807, 2.05) is 30.3 Å². The standard InChI is InChI=1S/C10H12N2O2S/c1-15-10(8-12(13)14)11-7-9-5-3-2-4-6-9/h2-6,8,11H,7H2,1H3/b10-8-. The minimum absolute atomic E-state index is 0.455. The quantitative estimate of drug-likeness (QED) is 0.615. The number of nitro groups is 1.